The first-order valence-corrected chi connectivity index (χ1v) is 3.91. The van der Waals surface area contributed by atoms with Crippen LogP contribution in [0.3, 0.4) is 0 Å². The summed E-state index contributed by atoms with van der Waals surface area (Å²) in [5, 5.41) is 8.57. The molecule has 0 amide bonds. The van der Waals surface area contributed by atoms with Crippen LogP contribution >= 0.6 is 0 Å². The van der Waals surface area contributed by atoms with Gasteiger partial charge >= 0.3 is 0 Å². The number of aromatic nitrogens is 1. The van der Waals surface area contributed by atoms with Crippen LogP contribution in [-0.4, -0.2) is 18.7 Å². The van der Waals surface area contributed by atoms with E-state index in [1.54, 1.807) is 13.2 Å². The highest BCUT2D eigenvalue weighted by atomic mass is 16.5. The van der Waals surface area contributed by atoms with Crippen LogP contribution in [-0.2, 0) is 4.74 Å². The molecular weight excluding hydrogens is 178 g/mol. The van der Waals surface area contributed by atoms with E-state index in [1.807, 2.05) is 6.07 Å². The minimum absolute atomic E-state index is 0.334. The summed E-state index contributed by atoms with van der Waals surface area (Å²) >= 11 is 0. The van der Waals surface area contributed by atoms with Crippen molar-refractivity contribution in [2.75, 3.05) is 19.5 Å². The Kier molecular flexibility index (Phi) is 3.49. The third-order valence-corrected chi connectivity index (χ3v) is 1.47. The number of methoxy groups -OCH3 is 1. The Labute approximate surface area is 82.3 Å². The van der Waals surface area contributed by atoms with E-state index in [4.69, 9.17) is 15.7 Å². The average Bonchev–Trinajstić information content (AvgIpc) is 2.20. The van der Waals surface area contributed by atoms with Crippen molar-refractivity contribution in [1.29, 1.82) is 5.26 Å². The lowest BCUT2D eigenvalue weighted by Crippen LogP contribution is -1.95. The molecular formula is C10H9N3O. The van der Waals surface area contributed by atoms with Crippen molar-refractivity contribution in [2.45, 2.75) is 0 Å². The summed E-state index contributed by atoms with van der Waals surface area (Å²) in [5.41, 5.74) is 6.94. The predicted molar refractivity (Wildman–Crippen MR) is 52.1 cm³/mol. The summed E-state index contributed by atoms with van der Waals surface area (Å²) in [6, 6.07) is 3.49. The smallest absolute Gasteiger partial charge is 0.136 e. The summed E-state index contributed by atoms with van der Waals surface area (Å²) in [6.45, 7) is 0.334. The number of pyridine rings is 1. The number of hydrogen-bond acceptors (Lipinski definition) is 4. The molecule has 0 fully saturated rings. The number of rotatable bonds is 1. The van der Waals surface area contributed by atoms with E-state index in [2.05, 4.69) is 16.8 Å². The molecule has 0 saturated carbocycles. The number of hydrogen-bond donors (Lipinski definition) is 1. The molecule has 14 heavy (non-hydrogen) atoms. The fourth-order valence-corrected chi connectivity index (χ4v) is 0.839. The molecule has 70 valence electrons. The largest absolute Gasteiger partial charge is 0.396 e. The molecule has 0 aliphatic carbocycles. The molecule has 1 aromatic rings. The first-order chi connectivity index (χ1) is 6.77. The number of nitrogens with two attached hydrogens (primary N) is 1. The van der Waals surface area contributed by atoms with Crippen LogP contribution in [0.4, 0.5) is 5.69 Å². The second kappa shape index (κ2) is 4.86. The summed E-state index contributed by atoms with van der Waals surface area (Å²) < 4.78 is 4.75. The lowest BCUT2D eigenvalue weighted by molar-refractivity contribution is 0.240. The second-order valence-electron chi connectivity index (χ2n) is 2.51. The maximum absolute atomic E-state index is 8.57. The summed E-state index contributed by atoms with van der Waals surface area (Å²) in [7, 11) is 1.56. The van der Waals surface area contributed by atoms with Crippen molar-refractivity contribution in [2.24, 2.45) is 0 Å². The Balaban J connectivity index is 2.92. The van der Waals surface area contributed by atoms with Crippen LogP contribution < -0.4 is 5.73 Å². The molecule has 0 aromatic carbocycles. The number of nitriles is 1. The Hall–Kier alpha value is -2.04. The number of ether oxygens (including phenoxy) is 1. The van der Waals surface area contributed by atoms with Gasteiger partial charge in [-0.2, -0.15) is 5.26 Å². The summed E-state index contributed by atoms with van der Waals surface area (Å²) in [6.07, 6.45) is 1.44. The minimum Gasteiger partial charge on any atom is -0.396 e. The Morgan fingerprint density at radius 2 is 2.43 bits per heavy atom. The lowest BCUT2D eigenvalue weighted by Gasteiger charge is -1.96. The topological polar surface area (TPSA) is 71.9 Å². The number of nitrogen functional groups attached to an aromatic ring is 1. The van der Waals surface area contributed by atoms with Crippen molar-refractivity contribution >= 4 is 5.69 Å². The molecule has 0 saturated heterocycles. The molecule has 0 atom stereocenters. The molecule has 2 N–H and O–H groups in total. The molecule has 0 spiro atoms. The first kappa shape index (κ1) is 10.0. The highest BCUT2D eigenvalue weighted by Crippen LogP contribution is 2.08. The van der Waals surface area contributed by atoms with Gasteiger partial charge in [-0.3, -0.25) is 0 Å². The van der Waals surface area contributed by atoms with Crippen LogP contribution in [0.1, 0.15) is 11.3 Å². The van der Waals surface area contributed by atoms with E-state index in [-0.39, 0.29) is 0 Å². The Morgan fingerprint density at radius 3 is 3.00 bits per heavy atom. The predicted octanol–water partition coefficient (Wildman–Crippen LogP) is 0.533. The van der Waals surface area contributed by atoms with Gasteiger partial charge in [0.25, 0.3) is 0 Å². The second-order valence-corrected chi connectivity index (χ2v) is 2.51. The molecule has 1 heterocycles. The van der Waals surface area contributed by atoms with Crippen LogP contribution in [0, 0.1) is 23.2 Å². The lowest BCUT2D eigenvalue weighted by atomic mass is 10.2. The maximum Gasteiger partial charge on any atom is 0.136 e. The van der Waals surface area contributed by atoms with E-state index in [9.17, 15) is 0 Å². The van der Waals surface area contributed by atoms with Gasteiger partial charge in [0.05, 0.1) is 11.3 Å². The van der Waals surface area contributed by atoms with Crippen molar-refractivity contribution in [1.82, 2.24) is 4.98 Å². The van der Waals surface area contributed by atoms with Gasteiger partial charge in [0.15, 0.2) is 0 Å². The third kappa shape index (κ3) is 2.48. The molecule has 0 aliphatic heterocycles. The van der Waals surface area contributed by atoms with Crippen LogP contribution in [0.5, 0.6) is 0 Å². The summed E-state index contributed by atoms with van der Waals surface area (Å²) in [5.74, 6) is 5.48. The molecule has 0 aliphatic rings. The fourth-order valence-electron chi connectivity index (χ4n) is 0.839. The molecule has 4 nitrogen and oxygen atoms in total. The van der Waals surface area contributed by atoms with Gasteiger partial charge in [-0.05, 0) is 12.0 Å². The SMILES string of the molecule is COCC#Cc1ncc(C#N)cc1N. The fraction of sp³-hybridized carbons (Fsp3) is 0.200. The molecule has 0 bridgehead atoms. The Morgan fingerprint density at radius 1 is 1.64 bits per heavy atom. The van der Waals surface area contributed by atoms with Crippen LogP contribution in [0.2, 0.25) is 0 Å². The quantitative estimate of drug-likeness (QED) is 0.651. The van der Waals surface area contributed by atoms with E-state index in [0.29, 0.717) is 23.6 Å². The van der Waals surface area contributed by atoms with Gasteiger partial charge in [0, 0.05) is 13.3 Å². The summed E-state index contributed by atoms with van der Waals surface area (Å²) in [4.78, 5) is 3.94. The van der Waals surface area contributed by atoms with E-state index in [0.717, 1.165) is 0 Å². The van der Waals surface area contributed by atoms with Gasteiger partial charge in [-0.1, -0.05) is 5.92 Å². The minimum atomic E-state index is 0.334. The van der Waals surface area contributed by atoms with E-state index < -0.39 is 0 Å². The van der Waals surface area contributed by atoms with Crippen LogP contribution in [0.15, 0.2) is 12.3 Å². The van der Waals surface area contributed by atoms with E-state index >= 15 is 0 Å². The maximum atomic E-state index is 8.57. The standard InChI is InChI=1S/C10H9N3O/c1-14-4-2-3-10-9(12)5-8(6-11)7-13-10/h5,7H,4,12H2,1H3. The molecule has 1 aromatic heterocycles. The molecule has 1 rings (SSSR count). The average molecular weight is 187 g/mol. The van der Waals surface area contributed by atoms with Gasteiger partial charge in [-0.15, -0.1) is 0 Å². The zero-order chi connectivity index (χ0) is 10.4. The monoisotopic (exact) mass is 187 g/mol. The normalized spacial score (nSPS) is 8.57. The highest BCUT2D eigenvalue weighted by molar-refractivity contribution is 5.54. The molecule has 0 radical (unpaired) electrons. The van der Waals surface area contributed by atoms with Gasteiger partial charge in [0.1, 0.15) is 18.4 Å². The third-order valence-electron chi connectivity index (χ3n) is 1.47. The number of nitrogens with zero attached hydrogens (tertiary/aromatic N) is 2. The van der Waals surface area contributed by atoms with Gasteiger partial charge in [-0.25, -0.2) is 4.98 Å². The number of anilines is 1. The van der Waals surface area contributed by atoms with Crippen LogP contribution in [0.25, 0.3) is 0 Å². The van der Waals surface area contributed by atoms with Crippen molar-refractivity contribution in [3.05, 3.63) is 23.5 Å². The van der Waals surface area contributed by atoms with Crippen molar-refractivity contribution in [3.63, 3.8) is 0 Å². The highest BCUT2D eigenvalue weighted by Gasteiger charge is 1.98. The Bertz CT molecular complexity index is 423. The van der Waals surface area contributed by atoms with E-state index in [1.165, 1.54) is 6.20 Å². The first-order valence-electron chi connectivity index (χ1n) is 3.91. The van der Waals surface area contributed by atoms with Gasteiger partial charge < -0.3 is 10.5 Å². The zero-order valence-corrected chi connectivity index (χ0v) is 7.74. The zero-order valence-electron chi connectivity index (χ0n) is 7.74. The molecule has 0 unspecified atom stereocenters. The van der Waals surface area contributed by atoms with Crippen molar-refractivity contribution in [3.8, 4) is 17.9 Å². The van der Waals surface area contributed by atoms with Gasteiger partial charge in [0.2, 0.25) is 0 Å². The van der Waals surface area contributed by atoms with Crippen molar-refractivity contribution < 1.29 is 4.74 Å². The molecule has 4 heteroatoms.